The Morgan fingerprint density at radius 3 is 2.18 bits per heavy atom. The van der Waals surface area contributed by atoms with Gasteiger partial charge in [0, 0.05) is 24.7 Å². The Morgan fingerprint density at radius 2 is 1.77 bits per heavy atom. The molecule has 0 radical (unpaired) electrons. The van der Waals surface area contributed by atoms with Gasteiger partial charge >= 0.3 is 0 Å². The molecule has 2 rings (SSSR count). The number of hydrogen-bond acceptors (Lipinski definition) is 6. The van der Waals surface area contributed by atoms with Gasteiger partial charge < -0.3 is 10.6 Å². The van der Waals surface area contributed by atoms with Crippen LogP contribution in [0.2, 0.25) is 0 Å². The Labute approximate surface area is 126 Å². The van der Waals surface area contributed by atoms with Crippen molar-refractivity contribution < 1.29 is 14.6 Å². The van der Waals surface area contributed by atoms with Crippen LogP contribution in [0.3, 0.4) is 0 Å². The van der Waals surface area contributed by atoms with Gasteiger partial charge in [-0.15, -0.1) is 0 Å². The lowest BCUT2D eigenvalue weighted by molar-refractivity contribution is -0.392. The van der Waals surface area contributed by atoms with E-state index in [9.17, 15) is 25.0 Å². The first-order valence-corrected chi connectivity index (χ1v) is 6.86. The minimum absolute atomic E-state index is 0.0489. The second-order valence-corrected chi connectivity index (χ2v) is 5.28. The summed E-state index contributed by atoms with van der Waals surface area (Å²) in [6.07, 6.45) is 2.57. The van der Waals surface area contributed by atoms with E-state index in [1.54, 1.807) is 4.90 Å². The zero-order valence-corrected chi connectivity index (χ0v) is 12.0. The number of carbonyl (C=O) groups is 1. The van der Waals surface area contributed by atoms with Crippen LogP contribution in [0.15, 0.2) is 12.1 Å². The average molecular weight is 308 g/mol. The summed E-state index contributed by atoms with van der Waals surface area (Å²) in [6, 6.07) is 1.96. The van der Waals surface area contributed by atoms with E-state index in [2.05, 4.69) is 0 Å². The summed E-state index contributed by atoms with van der Waals surface area (Å²) in [6.45, 7) is 2.37. The number of nitro groups is 2. The molecular formula is C13H16N4O5. The average Bonchev–Trinajstić information content (AvgIpc) is 2.46. The molecule has 0 bridgehead atoms. The Balaban J connectivity index is 2.70. The van der Waals surface area contributed by atoms with Crippen LogP contribution in [-0.4, -0.2) is 28.3 Å². The van der Waals surface area contributed by atoms with Crippen LogP contribution < -0.4 is 10.6 Å². The summed E-state index contributed by atoms with van der Waals surface area (Å²) in [7, 11) is 0. The SMILES string of the molecule is C[C@H]1CCCCN1c1c([N+](=O)[O-])cc(C(N)=O)cc1[N+](=O)[O-]. The Kier molecular flexibility index (Phi) is 4.25. The number of anilines is 1. The van der Waals surface area contributed by atoms with Crippen LogP contribution in [0.4, 0.5) is 17.1 Å². The predicted molar refractivity (Wildman–Crippen MR) is 78.9 cm³/mol. The minimum atomic E-state index is -0.940. The van der Waals surface area contributed by atoms with E-state index >= 15 is 0 Å². The normalized spacial score (nSPS) is 18.0. The van der Waals surface area contributed by atoms with Gasteiger partial charge in [0.25, 0.3) is 11.4 Å². The molecule has 1 aliphatic rings. The first kappa shape index (κ1) is 15.7. The molecule has 1 amide bonds. The maximum Gasteiger partial charge on any atom is 0.300 e. The number of hydrogen-bond donors (Lipinski definition) is 1. The molecule has 1 aromatic carbocycles. The lowest BCUT2D eigenvalue weighted by Gasteiger charge is -2.34. The number of piperidine rings is 1. The highest BCUT2D eigenvalue weighted by molar-refractivity contribution is 5.96. The quantitative estimate of drug-likeness (QED) is 0.668. The van der Waals surface area contributed by atoms with Gasteiger partial charge in [-0.3, -0.25) is 25.0 Å². The van der Waals surface area contributed by atoms with E-state index in [0.717, 1.165) is 31.4 Å². The summed E-state index contributed by atoms with van der Waals surface area (Å²) in [5.41, 5.74) is 3.89. The van der Waals surface area contributed by atoms with E-state index < -0.39 is 27.1 Å². The van der Waals surface area contributed by atoms with Crippen LogP contribution in [0.5, 0.6) is 0 Å². The molecule has 1 aromatic rings. The fourth-order valence-corrected chi connectivity index (χ4v) is 2.75. The van der Waals surface area contributed by atoms with Crippen molar-refractivity contribution in [3.63, 3.8) is 0 Å². The highest BCUT2D eigenvalue weighted by Gasteiger charge is 2.34. The van der Waals surface area contributed by atoms with Crippen molar-refractivity contribution in [3.05, 3.63) is 37.9 Å². The molecule has 0 aliphatic carbocycles. The molecule has 0 aromatic heterocycles. The molecule has 1 atom stereocenters. The van der Waals surface area contributed by atoms with E-state index in [4.69, 9.17) is 5.73 Å². The second kappa shape index (κ2) is 5.96. The number of rotatable bonds is 4. The first-order chi connectivity index (χ1) is 10.3. The van der Waals surface area contributed by atoms with Crippen LogP contribution >= 0.6 is 0 Å². The van der Waals surface area contributed by atoms with E-state index in [-0.39, 0.29) is 17.3 Å². The number of nitrogens with zero attached hydrogens (tertiary/aromatic N) is 3. The molecule has 0 saturated carbocycles. The molecular weight excluding hydrogens is 292 g/mol. The van der Waals surface area contributed by atoms with Crippen LogP contribution in [0, 0.1) is 20.2 Å². The lowest BCUT2D eigenvalue weighted by atomic mass is 10.0. The number of primary amides is 1. The predicted octanol–water partition coefficient (Wildman–Crippen LogP) is 1.98. The van der Waals surface area contributed by atoms with Crippen molar-refractivity contribution in [1.29, 1.82) is 0 Å². The molecule has 2 N–H and O–H groups in total. The topological polar surface area (TPSA) is 133 Å². The van der Waals surface area contributed by atoms with Gasteiger partial charge in [0.05, 0.1) is 15.4 Å². The number of carbonyl (C=O) groups excluding carboxylic acids is 1. The third-order valence-electron chi connectivity index (χ3n) is 3.84. The monoisotopic (exact) mass is 308 g/mol. The van der Waals surface area contributed by atoms with Gasteiger partial charge in [0.1, 0.15) is 0 Å². The molecule has 9 heteroatoms. The minimum Gasteiger partial charge on any atom is -0.366 e. The first-order valence-electron chi connectivity index (χ1n) is 6.86. The highest BCUT2D eigenvalue weighted by Crippen LogP contribution is 2.41. The van der Waals surface area contributed by atoms with Crippen molar-refractivity contribution in [2.24, 2.45) is 5.73 Å². The van der Waals surface area contributed by atoms with E-state index in [0.29, 0.717) is 6.54 Å². The number of benzene rings is 1. The molecule has 1 aliphatic heterocycles. The van der Waals surface area contributed by atoms with Gasteiger partial charge in [0.15, 0.2) is 5.69 Å². The van der Waals surface area contributed by atoms with Gasteiger partial charge in [-0.1, -0.05) is 0 Å². The molecule has 0 unspecified atom stereocenters. The molecule has 1 saturated heterocycles. The Morgan fingerprint density at radius 1 is 1.23 bits per heavy atom. The van der Waals surface area contributed by atoms with E-state index in [1.165, 1.54) is 0 Å². The van der Waals surface area contributed by atoms with Gasteiger partial charge in [0.2, 0.25) is 5.91 Å². The third kappa shape index (κ3) is 2.83. The highest BCUT2D eigenvalue weighted by atomic mass is 16.6. The van der Waals surface area contributed by atoms with Crippen molar-refractivity contribution >= 4 is 23.0 Å². The van der Waals surface area contributed by atoms with Crippen LogP contribution in [0.25, 0.3) is 0 Å². The largest absolute Gasteiger partial charge is 0.366 e. The smallest absolute Gasteiger partial charge is 0.300 e. The van der Waals surface area contributed by atoms with Crippen molar-refractivity contribution in [3.8, 4) is 0 Å². The zero-order valence-electron chi connectivity index (χ0n) is 12.0. The van der Waals surface area contributed by atoms with Gasteiger partial charge in [-0.25, -0.2) is 0 Å². The molecule has 0 spiro atoms. The van der Waals surface area contributed by atoms with Gasteiger partial charge in [-0.05, 0) is 26.2 Å². The Bertz CT molecular complexity index is 610. The number of amides is 1. The molecule has 1 fully saturated rings. The van der Waals surface area contributed by atoms with Crippen molar-refractivity contribution in [2.75, 3.05) is 11.4 Å². The summed E-state index contributed by atoms with van der Waals surface area (Å²) in [5, 5.41) is 22.6. The third-order valence-corrected chi connectivity index (χ3v) is 3.84. The summed E-state index contributed by atoms with van der Waals surface area (Å²) in [4.78, 5) is 34.2. The maximum absolute atomic E-state index is 11.3. The zero-order chi connectivity index (χ0) is 16.4. The van der Waals surface area contributed by atoms with Crippen LogP contribution in [0.1, 0.15) is 36.5 Å². The van der Waals surface area contributed by atoms with Gasteiger partial charge in [-0.2, -0.15) is 0 Å². The molecule has 1 heterocycles. The molecule has 118 valence electrons. The summed E-state index contributed by atoms with van der Waals surface area (Å²) >= 11 is 0. The Hall–Kier alpha value is -2.71. The lowest BCUT2D eigenvalue weighted by Crippen LogP contribution is -2.38. The molecule has 22 heavy (non-hydrogen) atoms. The fraction of sp³-hybridized carbons (Fsp3) is 0.462. The summed E-state index contributed by atoms with van der Waals surface area (Å²) < 4.78 is 0. The number of nitro benzene ring substituents is 2. The number of nitrogens with two attached hydrogens (primary N) is 1. The van der Waals surface area contributed by atoms with Crippen molar-refractivity contribution in [2.45, 2.75) is 32.2 Å². The van der Waals surface area contributed by atoms with E-state index in [1.807, 2.05) is 6.92 Å². The van der Waals surface area contributed by atoms with Crippen molar-refractivity contribution in [1.82, 2.24) is 0 Å². The maximum atomic E-state index is 11.3. The fourth-order valence-electron chi connectivity index (χ4n) is 2.75. The second-order valence-electron chi connectivity index (χ2n) is 5.28. The molecule has 9 nitrogen and oxygen atoms in total. The summed E-state index contributed by atoms with van der Waals surface area (Å²) in [5.74, 6) is -0.940. The standard InChI is InChI=1S/C13H16N4O5/c1-8-4-2-3-5-15(8)12-10(16(19)20)6-9(13(14)18)7-11(12)17(21)22/h6-8H,2-5H2,1H3,(H2,14,18)/t8-/m0/s1. The van der Waals surface area contributed by atoms with Crippen LogP contribution in [-0.2, 0) is 0 Å².